The van der Waals surface area contributed by atoms with Gasteiger partial charge in [-0.1, -0.05) is 0 Å². The predicted molar refractivity (Wildman–Crippen MR) is 30.2 cm³/mol. The molecule has 0 aromatic carbocycles. The van der Waals surface area contributed by atoms with Crippen LogP contribution in [-0.2, 0) is 0 Å². The van der Waals surface area contributed by atoms with Crippen molar-refractivity contribution in [3.05, 3.63) is 7.05 Å². The third-order valence-electron chi connectivity index (χ3n) is 1.69. The Morgan fingerprint density at radius 3 is 2.00 bits per heavy atom. The molecule has 54 valence electrons. The van der Waals surface area contributed by atoms with Crippen LogP contribution in [0.1, 0.15) is 12.8 Å². The normalized spacial score (nSPS) is 28.3. The Bertz CT molecular complexity index is 93.2. The van der Waals surface area contributed by atoms with E-state index in [1.165, 1.54) is 0 Å². The van der Waals surface area contributed by atoms with Gasteiger partial charge in [-0.15, -0.1) is 0 Å². The van der Waals surface area contributed by atoms with Crippen molar-refractivity contribution in [1.82, 2.24) is 0 Å². The van der Waals surface area contributed by atoms with Gasteiger partial charge in [0.05, 0.1) is 25.9 Å². The molecule has 0 aliphatic carbocycles. The highest BCUT2D eigenvalue weighted by atomic mass is 19.3. The summed E-state index contributed by atoms with van der Waals surface area (Å²) in [6.07, 6.45) is 0.0116. The lowest BCUT2D eigenvalue weighted by atomic mass is 10.1. The van der Waals surface area contributed by atoms with Gasteiger partial charge in [-0.25, -0.2) is 8.78 Å². The lowest BCUT2D eigenvalue weighted by Crippen LogP contribution is -3.08. The Morgan fingerprint density at radius 1 is 1.22 bits per heavy atom. The number of quaternary nitrogens is 1. The van der Waals surface area contributed by atoms with Gasteiger partial charge < -0.3 is 4.90 Å². The van der Waals surface area contributed by atoms with Gasteiger partial charge >= 0.3 is 0 Å². The van der Waals surface area contributed by atoms with E-state index in [9.17, 15) is 8.78 Å². The van der Waals surface area contributed by atoms with E-state index in [2.05, 4.69) is 7.05 Å². The minimum absolute atomic E-state index is 0.00579. The maximum atomic E-state index is 12.3. The number of halogens is 2. The average Bonchev–Trinajstić information content (AvgIpc) is 1.78. The molecule has 1 fully saturated rings. The molecule has 0 aromatic heterocycles. The molecule has 0 saturated carbocycles. The van der Waals surface area contributed by atoms with Crippen LogP contribution in [0.4, 0.5) is 8.78 Å². The molecule has 1 aliphatic heterocycles. The Balaban J connectivity index is 2.35. The standard InChI is InChI=1S/C6H11F2N/c1-9-4-2-6(7,8)3-5-9/h9H,1-5H2. The molecule has 1 N–H and O–H groups in total. The molecule has 1 saturated heterocycles. The Morgan fingerprint density at radius 2 is 1.67 bits per heavy atom. The molecule has 0 radical (unpaired) electrons. The van der Waals surface area contributed by atoms with Crippen LogP contribution in [0.2, 0.25) is 0 Å². The fourth-order valence-corrected chi connectivity index (χ4v) is 0.969. The van der Waals surface area contributed by atoms with Crippen molar-refractivity contribution in [3.63, 3.8) is 0 Å². The van der Waals surface area contributed by atoms with Gasteiger partial charge in [-0.3, -0.25) is 0 Å². The zero-order valence-electron chi connectivity index (χ0n) is 5.29. The SMILES string of the molecule is [CH2-][NH+]1CCC(F)(F)CC1. The van der Waals surface area contributed by atoms with Gasteiger partial charge in [0.15, 0.2) is 0 Å². The second-order valence-electron chi connectivity index (χ2n) is 2.61. The first kappa shape index (κ1) is 6.93. The van der Waals surface area contributed by atoms with Crippen LogP contribution in [0.3, 0.4) is 0 Å². The molecule has 0 aromatic rings. The molecule has 0 spiro atoms. The number of hydrogen-bond donors (Lipinski definition) is 1. The maximum absolute atomic E-state index is 12.3. The third-order valence-corrected chi connectivity index (χ3v) is 1.69. The number of likely N-dealkylation sites (tertiary alicyclic amines) is 1. The van der Waals surface area contributed by atoms with E-state index in [1.54, 1.807) is 0 Å². The van der Waals surface area contributed by atoms with Crippen LogP contribution in [0.15, 0.2) is 0 Å². The van der Waals surface area contributed by atoms with E-state index in [0.717, 1.165) is 4.90 Å². The third kappa shape index (κ3) is 1.90. The van der Waals surface area contributed by atoms with E-state index >= 15 is 0 Å². The zero-order valence-corrected chi connectivity index (χ0v) is 5.29. The first-order valence-corrected chi connectivity index (χ1v) is 3.15. The van der Waals surface area contributed by atoms with E-state index in [0.29, 0.717) is 13.1 Å². The van der Waals surface area contributed by atoms with Crippen molar-refractivity contribution in [1.29, 1.82) is 0 Å². The number of rotatable bonds is 0. The summed E-state index contributed by atoms with van der Waals surface area (Å²) in [5.41, 5.74) is 0. The van der Waals surface area contributed by atoms with Crippen LogP contribution in [0.25, 0.3) is 0 Å². The minimum Gasteiger partial charge on any atom is -0.467 e. The van der Waals surface area contributed by atoms with Crippen LogP contribution < -0.4 is 4.90 Å². The quantitative estimate of drug-likeness (QED) is 0.449. The average molecular weight is 135 g/mol. The van der Waals surface area contributed by atoms with Crippen molar-refractivity contribution in [2.45, 2.75) is 18.8 Å². The Hall–Kier alpha value is -0.180. The van der Waals surface area contributed by atoms with E-state index in [-0.39, 0.29) is 12.8 Å². The zero-order chi connectivity index (χ0) is 6.91. The van der Waals surface area contributed by atoms with Gasteiger partial charge in [-0.2, -0.15) is 7.05 Å². The first-order chi connectivity index (χ1) is 4.10. The maximum Gasteiger partial charge on any atom is 0.258 e. The lowest BCUT2D eigenvalue weighted by molar-refractivity contribution is -0.862. The van der Waals surface area contributed by atoms with Crippen LogP contribution >= 0.6 is 0 Å². The second-order valence-corrected chi connectivity index (χ2v) is 2.61. The van der Waals surface area contributed by atoms with Crippen molar-refractivity contribution in [3.8, 4) is 0 Å². The van der Waals surface area contributed by atoms with Gasteiger partial charge in [0.25, 0.3) is 5.92 Å². The summed E-state index contributed by atoms with van der Waals surface area (Å²) >= 11 is 0. The number of nitrogens with one attached hydrogen (secondary N) is 1. The Kier molecular flexibility index (Phi) is 1.70. The topological polar surface area (TPSA) is 4.44 Å². The molecule has 0 atom stereocenters. The van der Waals surface area contributed by atoms with Crippen LogP contribution in [0, 0.1) is 7.05 Å². The van der Waals surface area contributed by atoms with E-state index in [1.807, 2.05) is 0 Å². The van der Waals surface area contributed by atoms with Crippen molar-refractivity contribution in [2.75, 3.05) is 13.1 Å². The van der Waals surface area contributed by atoms with Crippen molar-refractivity contribution in [2.24, 2.45) is 0 Å². The summed E-state index contributed by atoms with van der Waals surface area (Å²) in [6.45, 7) is 1.01. The molecule has 0 amide bonds. The van der Waals surface area contributed by atoms with Gasteiger partial charge in [0, 0.05) is 0 Å². The molecule has 1 heterocycles. The fourth-order valence-electron chi connectivity index (χ4n) is 0.969. The van der Waals surface area contributed by atoms with Crippen molar-refractivity contribution < 1.29 is 13.7 Å². The van der Waals surface area contributed by atoms with Crippen molar-refractivity contribution >= 4 is 0 Å². The molecular formula is C6H11F2N. The highest BCUT2D eigenvalue weighted by molar-refractivity contribution is 4.67. The highest BCUT2D eigenvalue weighted by Gasteiger charge is 2.33. The summed E-state index contributed by atoms with van der Waals surface area (Å²) in [6, 6.07) is 0. The molecule has 1 nitrogen and oxygen atoms in total. The lowest BCUT2D eigenvalue weighted by Gasteiger charge is -2.30. The minimum atomic E-state index is -2.40. The molecule has 1 rings (SSSR count). The van der Waals surface area contributed by atoms with Crippen LogP contribution in [0.5, 0.6) is 0 Å². The Labute approximate surface area is 53.6 Å². The molecule has 0 bridgehead atoms. The van der Waals surface area contributed by atoms with Crippen LogP contribution in [-0.4, -0.2) is 19.0 Å². The molecular weight excluding hydrogens is 124 g/mol. The summed E-state index contributed by atoms with van der Waals surface area (Å²) in [5.74, 6) is -2.40. The number of hydrogen-bond acceptors (Lipinski definition) is 0. The number of alkyl halides is 2. The monoisotopic (exact) mass is 135 g/mol. The second kappa shape index (κ2) is 2.21. The molecule has 1 aliphatic rings. The van der Waals surface area contributed by atoms with E-state index in [4.69, 9.17) is 0 Å². The summed E-state index contributed by atoms with van der Waals surface area (Å²) in [5, 5.41) is 0. The molecule has 9 heavy (non-hydrogen) atoms. The number of piperidine rings is 1. The molecule has 0 unspecified atom stereocenters. The van der Waals surface area contributed by atoms with Gasteiger partial charge in [0.2, 0.25) is 0 Å². The largest absolute Gasteiger partial charge is 0.467 e. The predicted octanol–water partition coefficient (Wildman–Crippen LogP) is 0.0920. The fraction of sp³-hybridized carbons (Fsp3) is 0.833. The summed E-state index contributed by atoms with van der Waals surface area (Å²) in [4.78, 5) is 0.973. The summed E-state index contributed by atoms with van der Waals surface area (Å²) in [7, 11) is 3.65. The smallest absolute Gasteiger partial charge is 0.258 e. The van der Waals surface area contributed by atoms with Gasteiger partial charge in [-0.05, 0) is 0 Å². The first-order valence-electron chi connectivity index (χ1n) is 3.15. The highest BCUT2D eigenvalue weighted by Crippen LogP contribution is 2.22. The summed E-state index contributed by atoms with van der Waals surface area (Å²) < 4.78 is 24.7. The molecule has 3 heteroatoms. The van der Waals surface area contributed by atoms with Gasteiger partial charge in [0.1, 0.15) is 0 Å². The van der Waals surface area contributed by atoms with E-state index < -0.39 is 5.92 Å².